The average Bonchev–Trinajstić information content (AvgIpc) is 2.17. The lowest BCUT2D eigenvalue weighted by Gasteiger charge is -2.15. The smallest absolute Gasteiger partial charge is 0.333 e. The summed E-state index contributed by atoms with van der Waals surface area (Å²) in [4.78, 5) is 15.7. The number of carbonyl (C=O) groups is 1. The number of aliphatic imine (C=N–C) groups is 1. The van der Waals surface area contributed by atoms with Crippen LogP contribution in [0.4, 0.5) is 0 Å². The van der Waals surface area contributed by atoms with Gasteiger partial charge in [0.05, 0.1) is 5.55 Å². The largest absolute Gasteiger partial charge is 0.479 e. The lowest BCUT2D eigenvalue weighted by Crippen LogP contribution is -2.12. The number of aliphatic carboxylic acids is 1. The molecule has 0 aromatic heterocycles. The van der Waals surface area contributed by atoms with Crippen molar-refractivity contribution in [1.82, 2.24) is 0 Å². The van der Waals surface area contributed by atoms with Crippen LogP contribution in [0.5, 0.6) is 0 Å². The third-order valence-electron chi connectivity index (χ3n) is 1.84. The molecule has 0 amide bonds. The van der Waals surface area contributed by atoms with Crippen LogP contribution in [0, 0.1) is 0 Å². The second-order valence-electron chi connectivity index (χ2n) is 2.65. The molecule has 1 N–H and O–H groups in total. The van der Waals surface area contributed by atoms with E-state index < -0.39 is 12.0 Å². The van der Waals surface area contributed by atoms with Crippen LogP contribution in [-0.2, 0) is 4.79 Å². The van der Waals surface area contributed by atoms with E-state index in [4.69, 9.17) is 5.11 Å². The lowest BCUT2D eigenvalue weighted by atomic mass is 10.1. The highest BCUT2D eigenvalue weighted by Gasteiger charge is 2.23. The minimum Gasteiger partial charge on any atom is -0.479 e. The molecular formula is C9H7NO2S. The number of fused-ring (bicyclic) bond motifs is 1. The molecule has 0 spiro atoms. The van der Waals surface area contributed by atoms with Gasteiger partial charge in [-0.1, -0.05) is 30.0 Å². The lowest BCUT2D eigenvalue weighted by molar-refractivity contribution is -0.138. The van der Waals surface area contributed by atoms with Gasteiger partial charge in [-0.2, -0.15) is 0 Å². The summed E-state index contributed by atoms with van der Waals surface area (Å²) in [6.07, 6.45) is 0. The summed E-state index contributed by atoms with van der Waals surface area (Å²) in [5, 5.41) is 8.86. The molecule has 1 aromatic carbocycles. The Morgan fingerprint density at radius 2 is 2.23 bits per heavy atom. The van der Waals surface area contributed by atoms with Gasteiger partial charge in [-0.05, 0) is 6.07 Å². The van der Waals surface area contributed by atoms with E-state index in [-0.39, 0.29) is 0 Å². The first-order valence-electron chi connectivity index (χ1n) is 3.79. The molecule has 0 radical (unpaired) electrons. The van der Waals surface area contributed by atoms with E-state index in [0.29, 0.717) is 0 Å². The number of hydrogen-bond donors (Lipinski definition) is 1. The predicted molar refractivity (Wildman–Crippen MR) is 51.2 cm³/mol. The second-order valence-corrected chi connectivity index (χ2v) is 3.54. The summed E-state index contributed by atoms with van der Waals surface area (Å²) in [6, 6.07) is 6.70. The van der Waals surface area contributed by atoms with Crippen molar-refractivity contribution in [3.05, 3.63) is 29.8 Å². The molecule has 1 atom stereocenters. The normalized spacial score (nSPS) is 19.5. The first-order chi connectivity index (χ1) is 6.29. The molecule has 1 aliphatic heterocycles. The molecular weight excluding hydrogens is 186 g/mol. The topological polar surface area (TPSA) is 49.7 Å². The van der Waals surface area contributed by atoms with Gasteiger partial charge in [0.15, 0.2) is 6.04 Å². The van der Waals surface area contributed by atoms with Crippen molar-refractivity contribution in [1.29, 1.82) is 0 Å². The first kappa shape index (κ1) is 8.31. The van der Waals surface area contributed by atoms with Gasteiger partial charge in [-0.25, -0.2) is 4.79 Å². The minimum absolute atomic E-state index is 0.725. The molecule has 0 saturated heterocycles. The van der Waals surface area contributed by atoms with Crippen molar-refractivity contribution in [2.24, 2.45) is 4.99 Å². The molecule has 0 saturated carbocycles. The quantitative estimate of drug-likeness (QED) is 0.741. The molecule has 0 aliphatic carbocycles. The molecule has 66 valence electrons. The maximum absolute atomic E-state index is 10.8. The highest BCUT2D eigenvalue weighted by atomic mass is 32.2. The summed E-state index contributed by atoms with van der Waals surface area (Å²) < 4.78 is 0. The minimum atomic E-state index is -0.899. The van der Waals surface area contributed by atoms with Crippen LogP contribution in [0.1, 0.15) is 11.6 Å². The van der Waals surface area contributed by atoms with Gasteiger partial charge >= 0.3 is 5.97 Å². The van der Waals surface area contributed by atoms with E-state index in [1.165, 1.54) is 11.8 Å². The zero-order valence-corrected chi connectivity index (χ0v) is 7.49. The van der Waals surface area contributed by atoms with Crippen molar-refractivity contribution in [2.45, 2.75) is 10.9 Å². The summed E-state index contributed by atoms with van der Waals surface area (Å²) in [6.45, 7) is 0. The van der Waals surface area contributed by atoms with Crippen LogP contribution < -0.4 is 0 Å². The number of hydrogen-bond acceptors (Lipinski definition) is 3. The standard InChI is InChI=1S/C9H7NO2S/c11-9(12)8-6-3-1-2-4-7(6)13-5-10-8/h1-5,8H,(H,11,12). The monoisotopic (exact) mass is 193 g/mol. The van der Waals surface area contributed by atoms with E-state index in [2.05, 4.69) is 4.99 Å². The number of carboxylic acid groups (broad SMARTS) is 1. The number of carboxylic acids is 1. The second kappa shape index (κ2) is 3.22. The maximum atomic E-state index is 10.8. The van der Waals surface area contributed by atoms with Gasteiger partial charge in [0.2, 0.25) is 0 Å². The predicted octanol–water partition coefficient (Wildman–Crippen LogP) is 1.95. The third-order valence-corrected chi connectivity index (χ3v) is 2.69. The highest BCUT2D eigenvalue weighted by Crippen LogP contribution is 2.32. The number of benzene rings is 1. The Hall–Kier alpha value is -1.29. The van der Waals surface area contributed by atoms with Crippen LogP contribution in [0.15, 0.2) is 34.2 Å². The Bertz CT molecular complexity index is 376. The van der Waals surface area contributed by atoms with Crippen molar-refractivity contribution < 1.29 is 9.90 Å². The van der Waals surface area contributed by atoms with Gasteiger partial charge in [0.1, 0.15) is 0 Å². The zero-order valence-electron chi connectivity index (χ0n) is 6.68. The Morgan fingerprint density at radius 3 is 3.00 bits per heavy atom. The van der Waals surface area contributed by atoms with E-state index in [0.717, 1.165) is 10.5 Å². The average molecular weight is 193 g/mol. The summed E-state index contributed by atoms with van der Waals surface area (Å²) in [5.41, 5.74) is 2.36. The molecule has 3 nitrogen and oxygen atoms in total. The Labute approximate surface area is 79.5 Å². The van der Waals surface area contributed by atoms with E-state index >= 15 is 0 Å². The Balaban J connectivity index is 2.48. The SMILES string of the molecule is O=C(O)C1N=CSc2ccccc21. The van der Waals surface area contributed by atoms with Crippen LogP contribution in [0.2, 0.25) is 0 Å². The van der Waals surface area contributed by atoms with E-state index in [9.17, 15) is 4.79 Å². The highest BCUT2D eigenvalue weighted by molar-refractivity contribution is 8.12. The summed E-state index contributed by atoms with van der Waals surface area (Å²) in [5.74, 6) is -0.899. The van der Waals surface area contributed by atoms with Crippen LogP contribution in [-0.4, -0.2) is 16.6 Å². The van der Waals surface area contributed by atoms with E-state index in [1.807, 2.05) is 18.2 Å². The summed E-state index contributed by atoms with van der Waals surface area (Å²) >= 11 is 1.45. The molecule has 1 heterocycles. The first-order valence-corrected chi connectivity index (χ1v) is 4.67. The fraction of sp³-hybridized carbons (Fsp3) is 0.111. The molecule has 1 aromatic rings. The number of nitrogens with zero attached hydrogens (tertiary/aromatic N) is 1. The van der Waals surface area contributed by atoms with E-state index in [1.54, 1.807) is 11.6 Å². The van der Waals surface area contributed by atoms with Crippen molar-refractivity contribution >= 4 is 23.3 Å². The molecule has 13 heavy (non-hydrogen) atoms. The number of rotatable bonds is 1. The number of thioether (sulfide) groups is 1. The fourth-order valence-electron chi connectivity index (χ4n) is 1.24. The van der Waals surface area contributed by atoms with Gasteiger partial charge < -0.3 is 5.11 Å². The van der Waals surface area contributed by atoms with Crippen molar-refractivity contribution in [2.75, 3.05) is 0 Å². The van der Waals surface area contributed by atoms with Crippen LogP contribution in [0.25, 0.3) is 0 Å². The van der Waals surface area contributed by atoms with Gasteiger partial charge in [0.25, 0.3) is 0 Å². The van der Waals surface area contributed by atoms with Gasteiger partial charge in [-0.3, -0.25) is 4.99 Å². The molecule has 0 bridgehead atoms. The third kappa shape index (κ3) is 1.45. The molecule has 2 rings (SSSR count). The van der Waals surface area contributed by atoms with Crippen molar-refractivity contribution in [3.63, 3.8) is 0 Å². The maximum Gasteiger partial charge on any atom is 0.333 e. The molecule has 0 fully saturated rings. The molecule has 1 unspecified atom stereocenters. The van der Waals surface area contributed by atoms with Crippen LogP contribution in [0.3, 0.4) is 0 Å². The Kier molecular flexibility index (Phi) is 2.06. The molecule has 1 aliphatic rings. The van der Waals surface area contributed by atoms with Gasteiger partial charge in [-0.15, -0.1) is 0 Å². The summed E-state index contributed by atoms with van der Waals surface area (Å²) in [7, 11) is 0. The zero-order chi connectivity index (χ0) is 9.26. The fourth-order valence-corrected chi connectivity index (χ4v) is 2.01. The van der Waals surface area contributed by atoms with Crippen molar-refractivity contribution in [3.8, 4) is 0 Å². The molecule has 4 heteroatoms. The Morgan fingerprint density at radius 1 is 1.46 bits per heavy atom. The van der Waals surface area contributed by atoms with Crippen LogP contribution >= 0.6 is 11.8 Å². The van der Waals surface area contributed by atoms with Gasteiger partial charge in [0, 0.05) is 10.5 Å².